The lowest BCUT2D eigenvalue weighted by Crippen LogP contribution is -2.12. The molecule has 0 unspecified atom stereocenters. The van der Waals surface area contributed by atoms with Gasteiger partial charge < -0.3 is 4.74 Å². The molecule has 3 rings (SSSR count). The number of anilines is 1. The molecule has 1 aliphatic rings. The zero-order chi connectivity index (χ0) is 13.2. The quantitative estimate of drug-likeness (QED) is 0.891. The van der Waals surface area contributed by atoms with Crippen molar-refractivity contribution in [3.05, 3.63) is 36.0 Å². The van der Waals surface area contributed by atoms with Crippen LogP contribution in [0.25, 0.3) is 10.9 Å². The van der Waals surface area contributed by atoms with Crippen molar-refractivity contribution in [2.45, 2.75) is 25.2 Å². The van der Waals surface area contributed by atoms with Crippen molar-refractivity contribution in [1.29, 1.82) is 0 Å². The highest BCUT2D eigenvalue weighted by atomic mass is 16.5. The van der Waals surface area contributed by atoms with E-state index in [2.05, 4.69) is 21.1 Å². The molecule has 0 saturated heterocycles. The molecule has 98 valence electrons. The Hall–Kier alpha value is -2.10. The van der Waals surface area contributed by atoms with E-state index in [4.69, 9.17) is 0 Å². The zero-order valence-corrected chi connectivity index (χ0v) is 10.8. The van der Waals surface area contributed by atoms with Gasteiger partial charge in [0, 0.05) is 11.6 Å². The van der Waals surface area contributed by atoms with Crippen LogP contribution in [0.2, 0.25) is 0 Å². The first-order valence-electron chi connectivity index (χ1n) is 6.51. The van der Waals surface area contributed by atoms with Crippen LogP contribution in [0.4, 0.5) is 10.5 Å². The maximum absolute atomic E-state index is 11.3. The Morgan fingerprint density at radius 3 is 2.95 bits per heavy atom. The molecule has 1 amide bonds. The fourth-order valence-corrected chi connectivity index (χ4v) is 2.40. The van der Waals surface area contributed by atoms with E-state index >= 15 is 0 Å². The van der Waals surface area contributed by atoms with Gasteiger partial charge in [-0.1, -0.05) is 18.6 Å². The molecule has 19 heavy (non-hydrogen) atoms. The number of carbonyl (C=O) groups is 1. The highest BCUT2D eigenvalue weighted by Gasteiger charge is 2.20. The topological polar surface area (TPSA) is 51.2 Å². The monoisotopic (exact) mass is 256 g/mol. The fraction of sp³-hybridized carbons (Fsp3) is 0.333. The van der Waals surface area contributed by atoms with Gasteiger partial charge in [0.15, 0.2) is 0 Å². The van der Waals surface area contributed by atoms with Gasteiger partial charge in [-0.15, -0.1) is 0 Å². The molecule has 4 heteroatoms. The minimum absolute atomic E-state index is 0.475. The minimum atomic E-state index is -0.475. The van der Waals surface area contributed by atoms with Crippen LogP contribution in [-0.2, 0) is 4.74 Å². The summed E-state index contributed by atoms with van der Waals surface area (Å²) >= 11 is 0. The Balaban J connectivity index is 1.98. The number of amides is 1. The number of ether oxygens (including phenoxy) is 1. The minimum Gasteiger partial charge on any atom is -0.453 e. The summed E-state index contributed by atoms with van der Waals surface area (Å²) in [6, 6.07) is 7.94. The van der Waals surface area contributed by atoms with E-state index in [0.29, 0.717) is 11.6 Å². The molecule has 1 saturated carbocycles. The van der Waals surface area contributed by atoms with Crippen LogP contribution in [0, 0.1) is 0 Å². The van der Waals surface area contributed by atoms with Crippen molar-refractivity contribution in [2.75, 3.05) is 12.4 Å². The second-order valence-electron chi connectivity index (χ2n) is 4.89. The fourth-order valence-electron chi connectivity index (χ4n) is 2.40. The molecule has 0 bridgehead atoms. The highest BCUT2D eigenvalue weighted by molar-refractivity contribution is 5.97. The van der Waals surface area contributed by atoms with E-state index in [1.165, 1.54) is 31.9 Å². The summed E-state index contributed by atoms with van der Waals surface area (Å²) in [5, 5.41) is 3.74. The van der Waals surface area contributed by atoms with E-state index in [9.17, 15) is 4.79 Å². The van der Waals surface area contributed by atoms with Gasteiger partial charge in [-0.25, -0.2) is 4.79 Å². The Bertz CT molecular complexity index is 621. The third-order valence-electron chi connectivity index (χ3n) is 3.73. The molecule has 1 N–H and O–H groups in total. The average Bonchev–Trinajstić information content (AvgIpc) is 2.36. The van der Waals surface area contributed by atoms with E-state index in [0.717, 1.165) is 10.9 Å². The van der Waals surface area contributed by atoms with Crippen molar-refractivity contribution in [1.82, 2.24) is 4.98 Å². The van der Waals surface area contributed by atoms with E-state index < -0.39 is 6.09 Å². The van der Waals surface area contributed by atoms with Crippen LogP contribution < -0.4 is 5.32 Å². The first kappa shape index (κ1) is 12.0. The molecule has 4 nitrogen and oxygen atoms in total. The molecular formula is C15H16N2O2. The molecule has 0 aliphatic heterocycles. The maximum atomic E-state index is 11.3. The van der Waals surface area contributed by atoms with Crippen LogP contribution in [0.3, 0.4) is 0 Å². The summed E-state index contributed by atoms with van der Waals surface area (Å²) in [5.74, 6) is 0.661. The van der Waals surface area contributed by atoms with Crippen molar-refractivity contribution >= 4 is 22.7 Å². The number of benzene rings is 1. The standard InChI is InChI=1S/C15H16N2O2/c1-19-15(18)17-13-7-3-6-11-8-12(9-16-14(11)13)10-4-2-5-10/h3,6-10H,2,4-5H2,1H3,(H,17,18). The zero-order valence-electron chi connectivity index (χ0n) is 10.8. The van der Waals surface area contributed by atoms with Gasteiger partial charge in [-0.05, 0) is 36.5 Å². The predicted octanol–water partition coefficient (Wildman–Crippen LogP) is 3.68. The van der Waals surface area contributed by atoms with Crippen molar-refractivity contribution in [3.8, 4) is 0 Å². The molecule has 1 heterocycles. The first-order valence-corrected chi connectivity index (χ1v) is 6.51. The molecule has 1 fully saturated rings. The molecule has 1 aromatic carbocycles. The number of pyridine rings is 1. The molecule has 0 atom stereocenters. The molecule has 0 spiro atoms. The second kappa shape index (κ2) is 4.88. The van der Waals surface area contributed by atoms with E-state index in [-0.39, 0.29) is 0 Å². The van der Waals surface area contributed by atoms with Crippen LogP contribution in [0.1, 0.15) is 30.7 Å². The Kier molecular flexibility index (Phi) is 3.07. The lowest BCUT2D eigenvalue weighted by Gasteiger charge is -2.25. The lowest BCUT2D eigenvalue weighted by molar-refractivity contribution is 0.187. The van der Waals surface area contributed by atoms with Crippen LogP contribution in [0.5, 0.6) is 0 Å². The van der Waals surface area contributed by atoms with Crippen molar-refractivity contribution in [2.24, 2.45) is 0 Å². The third kappa shape index (κ3) is 2.26. The Morgan fingerprint density at radius 2 is 2.26 bits per heavy atom. The smallest absolute Gasteiger partial charge is 0.411 e. The van der Waals surface area contributed by atoms with E-state index in [1.807, 2.05) is 24.4 Å². The number of nitrogens with one attached hydrogen (secondary N) is 1. The van der Waals surface area contributed by atoms with Gasteiger partial charge in [0.2, 0.25) is 0 Å². The number of hydrogen-bond donors (Lipinski definition) is 1. The number of nitrogens with zero attached hydrogens (tertiary/aromatic N) is 1. The first-order chi connectivity index (χ1) is 9.28. The van der Waals surface area contributed by atoms with Gasteiger partial charge in [-0.2, -0.15) is 0 Å². The number of aromatic nitrogens is 1. The van der Waals surface area contributed by atoms with Gasteiger partial charge in [0.25, 0.3) is 0 Å². The largest absolute Gasteiger partial charge is 0.453 e. The number of hydrogen-bond acceptors (Lipinski definition) is 3. The van der Waals surface area contributed by atoms with E-state index in [1.54, 1.807) is 0 Å². The maximum Gasteiger partial charge on any atom is 0.411 e. The summed E-state index contributed by atoms with van der Waals surface area (Å²) in [7, 11) is 1.35. The number of rotatable bonds is 2. The number of methoxy groups -OCH3 is 1. The molecule has 0 radical (unpaired) electrons. The SMILES string of the molecule is COC(=O)Nc1cccc2cc(C3CCC3)cnc12. The summed E-state index contributed by atoms with van der Waals surface area (Å²) in [6.07, 6.45) is 5.28. The summed E-state index contributed by atoms with van der Waals surface area (Å²) < 4.78 is 4.61. The van der Waals surface area contributed by atoms with Crippen molar-refractivity contribution in [3.63, 3.8) is 0 Å². The second-order valence-corrected chi connectivity index (χ2v) is 4.89. The molecule has 2 aromatic rings. The van der Waals surface area contributed by atoms with Gasteiger partial charge in [0.1, 0.15) is 0 Å². The Labute approximate surface area is 111 Å². The third-order valence-corrected chi connectivity index (χ3v) is 3.73. The Morgan fingerprint density at radius 1 is 1.42 bits per heavy atom. The summed E-state index contributed by atoms with van der Waals surface area (Å²) in [5.41, 5.74) is 2.79. The van der Waals surface area contributed by atoms with Gasteiger partial charge >= 0.3 is 6.09 Å². The molecule has 1 aliphatic carbocycles. The predicted molar refractivity (Wildman–Crippen MR) is 74.4 cm³/mol. The number of fused-ring (bicyclic) bond motifs is 1. The summed E-state index contributed by atoms with van der Waals surface area (Å²) in [4.78, 5) is 15.8. The molecule has 1 aromatic heterocycles. The van der Waals surface area contributed by atoms with Crippen LogP contribution in [0.15, 0.2) is 30.5 Å². The van der Waals surface area contributed by atoms with Crippen molar-refractivity contribution < 1.29 is 9.53 Å². The van der Waals surface area contributed by atoms with Gasteiger partial charge in [0.05, 0.1) is 18.3 Å². The highest BCUT2D eigenvalue weighted by Crippen LogP contribution is 2.37. The number of carbonyl (C=O) groups excluding carboxylic acids is 1. The van der Waals surface area contributed by atoms with Crippen LogP contribution >= 0.6 is 0 Å². The van der Waals surface area contributed by atoms with Crippen LogP contribution in [-0.4, -0.2) is 18.2 Å². The lowest BCUT2D eigenvalue weighted by atomic mass is 9.80. The van der Waals surface area contributed by atoms with Gasteiger partial charge in [-0.3, -0.25) is 10.3 Å². The normalized spacial score (nSPS) is 15.0. The average molecular weight is 256 g/mol. The number of para-hydroxylation sites is 1. The summed E-state index contributed by atoms with van der Waals surface area (Å²) in [6.45, 7) is 0. The molecular weight excluding hydrogens is 240 g/mol.